The van der Waals surface area contributed by atoms with Gasteiger partial charge in [-0.05, 0) is 24.5 Å². The van der Waals surface area contributed by atoms with Crippen molar-refractivity contribution < 1.29 is 18.0 Å². The third kappa shape index (κ3) is 3.76. The lowest BCUT2D eigenvalue weighted by atomic mass is 10.1. The van der Waals surface area contributed by atoms with E-state index >= 15 is 0 Å². The Labute approximate surface area is 139 Å². The van der Waals surface area contributed by atoms with Crippen molar-refractivity contribution in [2.24, 2.45) is 0 Å². The van der Waals surface area contributed by atoms with E-state index in [1.54, 1.807) is 0 Å². The summed E-state index contributed by atoms with van der Waals surface area (Å²) < 4.78 is 22.7. The molecule has 7 nitrogen and oxygen atoms in total. The molecule has 0 saturated carbocycles. The number of carbonyl (C=O) groups excluding carboxylic acids is 2. The number of benzene rings is 1. The van der Waals surface area contributed by atoms with Crippen LogP contribution in [0.2, 0.25) is 0 Å². The van der Waals surface area contributed by atoms with Crippen LogP contribution in [-0.2, 0) is 25.8 Å². The van der Waals surface area contributed by atoms with E-state index in [-0.39, 0.29) is 11.5 Å². The van der Waals surface area contributed by atoms with Crippen LogP contribution in [0.3, 0.4) is 0 Å². The molecule has 1 atom stereocenters. The Morgan fingerprint density at radius 1 is 1.21 bits per heavy atom. The molecular weight excluding hydrogens is 330 g/mol. The Morgan fingerprint density at radius 2 is 2.00 bits per heavy atom. The average Bonchev–Trinajstić information content (AvgIpc) is 3.10. The molecule has 2 heterocycles. The number of hydrogen-bond donors (Lipinski definition) is 3. The highest BCUT2D eigenvalue weighted by molar-refractivity contribution is 7.91. The van der Waals surface area contributed by atoms with Crippen LogP contribution in [0.5, 0.6) is 0 Å². The van der Waals surface area contributed by atoms with E-state index in [1.165, 1.54) is 0 Å². The zero-order valence-corrected chi connectivity index (χ0v) is 13.9. The number of para-hydroxylation sites is 1. The van der Waals surface area contributed by atoms with E-state index in [4.69, 9.17) is 0 Å². The molecule has 0 radical (unpaired) electrons. The zero-order chi connectivity index (χ0) is 17.2. The molecule has 0 bridgehead atoms. The predicted octanol–water partition coefficient (Wildman–Crippen LogP) is 0.130. The molecule has 1 saturated heterocycles. The molecule has 0 spiro atoms. The summed E-state index contributed by atoms with van der Waals surface area (Å²) in [5.41, 5.74) is 2.09. The van der Waals surface area contributed by atoms with Gasteiger partial charge >= 0.3 is 11.8 Å². The summed E-state index contributed by atoms with van der Waals surface area (Å²) in [5, 5.41) is 6.13. The molecule has 1 aromatic heterocycles. The van der Waals surface area contributed by atoms with Gasteiger partial charge in [0.2, 0.25) is 0 Å². The van der Waals surface area contributed by atoms with Crippen molar-refractivity contribution in [3.05, 3.63) is 36.0 Å². The summed E-state index contributed by atoms with van der Waals surface area (Å²) in [6.45, 7) is 0.330. The van der Waals surface area contributed by atoms with Crippen LogP contribution >= 0.6 is 0 Å². The Bertz CT molecular complexity index is 872. The third-order valence-electron chi connectivity index (χ3n) is 4.13. The van der Waals surface area contributed by atoms with Gasteiger partial charge in [-0.1, -0.05) is 18.2 Å². The van der Waals surface area contributed by atoms with Crippen LogP contribution in [0.25, 0.3) is 10.9 Å². The molecule has 1 unspecified atom stereocenters. The number of aromatic amines is 1. The number of aromatic nitrogens is 1. The molecular formula is C16H19N3O4S. The van der Waals surface area contributed by atoms with E-state index < -0.39 is 27.7 Å². The molecule has 2 amide bonds. The van der Waals surface area contributed by atoms with Crippen molar-refractivity contribution in [3.8, 4) is 0 Å². The van der Waals surface area contributed by atoms with Crippen molar-refractivity contribution in [1.29, 1.82) is 0 Å². The molecule has 3 N–H and O–H groups in total. The molecule has 1 fully saturated rings. The number of rotatable bonds is 4. The third-order valence-corrected chi connectivity index (χ3v) is 5.90. The van der Waals surface area contributed by atoms with Gasteiger partial charge in [-0.2, -0.15) is 0 Å². The summed E-state index contributed by atoms with van der Waals surface area (Å²) in [7, 11) is -3.08. The second-order valence-electron chi connectivity index (χ2n) is 5.94. The van der Waals surface area contributed by atoms with Gasteiger partial charge in [-0.15, -0.1) is 0 Å². The van der Waals surface area contributed by atoms with Crippen molar-refractivity contribution in [2.75, 3.05) is 18.1 Å². The molecule has 3 rings (SSSR count). The summed E-state index contributed by atoms with van der Waals surface area (Å²) in [5.74, 6) is -1.56. The topological polar surface area (TPSA) is 108 Å². The lowest BCUT2D eigenvalue weighted by molar-refractivity contribution is -0.139. The van der Waals surface area contributed by atoms with Crippen LogP contribution in [0.15, 0.2) is 30.5 Å². The summed E-state index contributed by atoms with van der Waals surface area (Å²) in [6.07, 6.45) is 2.85. The van der Waals surface area contributed by atoms with E-state index in [1.807, 2.05) is 30.5 Å². The summed E-state index contributed by atoms with van der Waals surface area (Å²) >= 11 is 0. The number of sulfone groups is 1. The average molecular weight is 349 g/mol. The lowest BCUT2D eigenvalue weighted by Crippen LogP contribution is -2.45. The maximum Gasteiger partial charge on any atom is 0.309 e. The van der Waals surface area contributed by atoms with Crippen LogP contribution in [-0.4, -0.2) is 49.3 Å². The van der Waals surface area contributed by atoms with Gasteiger partial charge in [0.1, 0.15) is 0 Å². The Kier molecular flexibility index (Phi) is 4.57. The van der Waals surface area contributed by atoms with Crippen molar-refractivity contribution in [2.45, 2.75) is 18.9 Å². The minimum atomic E-state index is -3.08. The highest BCUT2D eigenvalue weighted by Gasteiger charge is 2.30. The van der Waals surface area contributed by atoms with E-state index in [9.17, 15) is 18.0 Å². The molecule has 1 aliphatic rings. The Morgan fingerprint density at radius 3 is 2.75 bits per heavy atom. The standard InChI is InChI=1S/C16H19N3O4S/c20-15(16(21)19-12-6-8-24(22,23)10-12)17-7-5-11-9-18-14-4-2-1-3-13(11)14/h1-4,9,12,18H,5-8,10H2,(H,17,20)(H,19,21). The minimum absolute atomic E-state index is 0.0557. The molecule has 2 aromatic rings. The van der Waals surface area contributed by atoms with Crippen molar-refractivity contribution >= 4 is 32.6 Å². The van der Waals surface area contributed by atoms with Crippen molar-refractivity contribution in [1.82, 2.24) is 15.6 Å². The monoisotopic (exact) mass is 349 g/mol. The number of fused-ring (bicyclic) bond motifs is 1. The normalized spacial score (nSPS) is 19.2. The number of carbonyl (C=O) groups is 2. The number of hydrogen-bond acceptors (Lipinski definition) is 4. The van der Waals surface area contributed by atoms with Gasteiger partial charge in [0.05, 0.1) is 11.5 Å². The Hall–Kier alpha value is -2.35. The van der Waals surface area contributed by atoms with Crippen LogP contribution in [0.1, 0.15) is 12.0 Å². The first-order valence-corrected chi connectivity index (χ1v) is 9.61. The molecule has 24 heavy (non-hydrogen) atoms. The predicted molar refractivity (Wildman–Crippen MR) is 90.2 cm³/mol. The van der Waals surface area contributed by atoms with Crippen LogP contribution in [0.4, 0.5) is 0 Å². The molecule has 0 aliphatic carbocycles. The highest BCUT2D eigenvalue weighted by atomic mass is 32.2. The first-order valence-electron chi connectivity index (χ1n) is 7.79. The fourth-order valence-corrected chi connectivity index (χ4v) is 4.56. The first-order chi connectivity index (χ1) is 11.4. The van der Waals surface area contributed by atoms with Crippen LogP contribution < -0.4 is 10.6 Å². The number of amides is 2. The van der Waals surface area contributed by atoms with Crippen molar-refractivity contribution in [3.63, 3.8) is 0 Å². The van der Waals surface area contributed by atoms with E-state index in [0.717, 1.165) is 16.5 Å². The smallest absolute Gasteiger partial charge is 0.309 e. The van der Waals surface area contributed by atoms with Gasteiger partial charge in [-0.3, -0.25) is 9.59 Å². The quantitative estimate of drug-likeness (QED) is 0.682. The van der Waals surface area contributed by atoms with Gasteiger partial charge in [0.15, 0.2) is 9.84 Å². The van der Waals surface area contributed by atoms with Gasteiger partial charge in [0.25, 0.3) is 0 Å². The van der Waals surface area contributed by atoms with Gasteiger partial charge in [0, 0.05) is 29.7 Å². The maximum atomic E-state index is 11.8. The van der Waals surface area contributed by atoms with E-state index in [0.29, 0.717) is 19.4 Å². The Balaban J connectivity index is 1.48. The molecule has 8 heteroatoms. The highest BCUT2D eigenvalue weighted by Crippen LogP contribution is 2.17. The second-order valence-corrected chi connectivity index (χ2v) is 8.17. The van der Waals surface area contributed by atoms with Gasteiger partial charge < -0.3 is 15.6 Å². The maximum absolute atomic E-state index is 11.8. The fourth-order valence-electron chi connectivity index (χ4n) is 2.89. The number of H-pyrrole nitrogens is 1. The minimum Gasteiger partial charge on any atom is -0.361 e. The summed E-state index contributed by atoms with van der Waals surface area (Å²) in [4.78, 5) is 26.8. The molecule has 128 valence electrons. The first kappa shape index (κ1) is 16.5. The number of nitrogens with one attached hydrogen (secondary N) is 3. The van der Waals surface area contributed by atoms with E-state index in [2.05, 4.69) is 15.6 Å². The lowest BCUT2D eigenvalue weighted by Gasteiger charge is -2.10. The zero-order valence-electron chi connectivity index (χ0n) is 13.0. The molecule has 1 aromatic carbocycles. The fraction of sp³-hybridized carbons (Fsp3) is 0.375. The van der Waals surface area contributed by atoms with Gasteiger partial charge in [-0.25, -0.2) is 8.42 Å². The second kappa shape index (κ2) is 6.64. The largest absolute Gasteiger partial charge is 0.361 e. The van der Waals surface area contributed by atoms with Crippen LogP contribution in [0, 0.1) is 0 Å². The molecule has 1 aliphatic heterocycles. The SMILES string of the molecule is O=C(NCCc1c[nH]c2ccccc12)C(=O)NC1CCS(=O)(=O)C1. The summed E-state index contributed by atoms with van der Waals surface area (Å²) in [6, 6.07) is 7.39.